The van der Waals surface area contributed by atoms with E-state index >= 15 is 0 Å². The number of carbonyl (C=O) groups excluding carboxylic acids is 3. The first-order valence-electron chi connectivity index (χ1n) is 9.54. The van der Waals surface area contributed by atoms with Crippen molar-refractivity contribution in [2.45, 2.75) is 37.6 Å². The van der Waals surface area contributed by atoms with Gasteiger partial charge in [0, 0.05) is 13.0 Å². The smallest absolute Gasteiger partial charge is 0.325 e. The van der Waals surface area contributed by atoms with E-state index in [-0.39, 0.29) is 24.8 Å². The fourth-order valence-corrected chi connectivity index (χ4v) is 4.12. The van der Waals surface area contributed by atoms with E-state index in [9.17, 15) is 14.4 Å². The van der Waals surface area contributed by atoms with E-state index in [1.807, 2.05) is 30.3 Å². The second-order valence-electron chi connectivity index (χ2n) is 7.20. The molecule has 2 fully saturated rings. The molecule has 0 bridgehead atoms. The van der Waals surface area contributed by atoms with Crippen molar-refractivity contribution in [2.75, 3.05) is 26.7 Å². The quantitative estimate of drug-likeness (QED) is 0.562. The minimum absolute atomic E-state index is 0.0654. The summed E-state index contributed by atoms with van der Waals surface area (Å²) in [6.07, 6.45) is 3.26. The first kappa shape index (κ1) is 19.4. The number of urea groups is 1. The van der Waals surface area contributed by atoms with Gasteiger partial charge in [0.05, 0.1) is 7.11 Å². The van der Waals surface area contributed by atoms with Crippen molar-refractivity contribution >= 4 is 17.9 Å². The Balaban J connectivity index is 1.87. The highest BCUT2D eigenvalue weighted by atomic mass is 16.5. The lowest BCUT2D eigenvalue weighted by molar-refractivity contribution is -0.141. The molecule has 0 radical (unpaired) electrons. The largest absolute Gasteiger partial charge is 0.469 e. The van der Waals surface area contributed by atoms with Crippen LogP contribution in [0.25, 0.3) is 0 Å². The van der Waals surface area contributed by atoms with Gasteiger partial charge < -0.3 is 15.0 Å². The number of imide groups is 1. The molecular formula is C20H27N3O4. The van der Waals surface area contributed by atoms with E-state index in [1.54, 1.807) is 4.90 Å². The molecule has 1 aromatic rings. The van der Waals surface area contributed by atoms with E-state index in [0.29, 0.717) is 12.5 Å². The predicted molar refractivity (Wildman–Crippen MR) is 99.8 cm³/mol. The van der Waals surface area contributed by atoms with Crippen LogP contribution in [0.2, 0.25) is 0 Å². The molecular weight excluding hydrogens is 346 g/mol. The van der Waals surface area contributed by atoms with E-state index in [1.165, 1.54) is 7.11 Å². The molecule has 2 N–H and O–H groups in total. The number of hydrogen-bond donors (Lipinski definition) is 2. The zero-order chi connectivity index (χ0) is 19.3. The first-order chi connectivity index (χ1) is 13.1. The maximum atomic E-state index is 12.9. The van der Waals surface area contributed by atoms with Crippen LogP contribution in [0.1, 0.15) is 37.7 Å². The molecule has 1 atom stereocenters. The fraction of sp³-hybridized carbons (Fsp3) is 0.550. The number of esters is 1. The van der Waals surface area contributed by atoms with Crippen LogP contribution in [0, 0.1) is 5.92 Å². The molecule has 0 spiro atoms. The van der Waals surface area contributed by atoms with Gasteiger partial charge >= 0.3 is 12.0 Å². The summed E-state index contributed by atoms with van der Waals surface area (Å²) in [5, 5.41) is 5.81. The molecule has 2 saturated heterocycles. The summed E-state index contributed by atoms with van der Waals surface area (Å²) in [6, 6.07) is 8.85. The van der Waals surface area contributed by atoms with Crippen LogP contribution in [0.15, 0.2) is 30.3 Å². The van der Waals surface area contributed by atoms with Crippen molar-refractivity contribution in [1.82, 2.24) is 15.5 Å². The van der Waals surface area contributed by atoms with Gasteiger partial charge in [-0.25, -0.2) is 4.79 Å². The second-order valence-corrected chi connectivity index (χ2v) is 7.20. The second kappa shape index (κ2) is 8.52. The highest BCUT2D eigenvalue weighted by Gasteiger charge is 2.53. The SMILES string of the molecule is COC(=O)CCC1(c2ccccc2)C(=O)NC(=O)N1CCC1CCNCC1. The minimum Gasteiger partial charge on any atom is -0.469 e. The molecule has 0 saturated carbocycles. The summed E-state index contributed by atoms with van der Waals surface area (Å²) in [5.41, 5.74) is -0.443. The van der Waals surface area contributed by atoms with Crippen LogP contribution in [-0.4, -0.2) is 49.6 Å². The lowest BCUT2D eigenvalue weighted by Gasteiger charge is -2.37. The maximum Gasteiger partial charge on any atom is 0.325 e. The third kappa shape index (κ3) is 3.98. The molecule has 2 heterocycles. The van der Waals surface area contributed by atoms with Crippen LogP contribution in [-0.2, 0) is 19.9 Å². The number of benzene rings is 1. The molecule has 7 heteroatoms. The zero-order valence-electron chi connectivity index (χ0n) is 15.7. The number of ether oxygens (including phenoxy) is 1. The zero-order valence-corrected chi connectivity index (χ0v) is 15.7. The standard InChI is InChI=1S/C20H27N3O4/c1-27-17(24)7-11-20(16-5-3-2-4-6-16)18(25)22-19(26)23(20)14-10-15-8-12-21-13-9-15/h2-6,15,21H,7-14H2,1H3,(H,22,25,26). The first-order valence-corrected chi connectivity index (χ1v) is 9.54. The molecule has 0 aliphatic carbocycles. The van der Waals surface area contributed by atoms with Crippen LogP contribution in [0.5, 0.6) is 0 Å². The number of methoxy groups -OCH3 is 1. The van der Waals surface area contributed by atoms with E-state index in [2.05, 4.69) is 10.6 Å². The lowest BCUT2D eigenvalue weighted by atomic mass is 9.83. The van der Waals surface area contributed by atoms with E-state index < -0.39 is 11.5 Å². The molecule has 7 nitrogen and oxygen atoms in total. The number of piperidine rings is 1. The van der Waals surface area contributed by atoms with Gasteiger partial charge in [-0.3, -0.25) is 14.9 Å². The Morgan fingerprint density at radius 3 is 2.59 bits per heavy atom. The maximum absolute atomic E-state index is 12.9. The molecule has 3 amide bonds. The van der Waals surface area contributed by atoms with Gasteiger partial charge in [-0.1, -0.05) is 30.3 Å². The Morgan fingerprint density at radius 1 is 1.22 bits per heavy atom. The summed E-state index contributed by atoms with van der Waals surface area (Å²) in [4.78, 5) is 39.0. The Labute approximate surface area is 159 Å². The summed E-state index contributed by atoms with van der Waals surface area (Å²) in [7, 11) is 1.33. The Bertz CT molecular complexity index is 688. The number of hydrogen-bond acceptors (Lipinski definition) is 5. The monoisotopic (exact) mass is 373 g/mol. The van der Waals surface area contributed by atoms with Gasteiger partial charge in [0.1, 0.15) is 5.54 Å². The minimum atomic E-state index is -1.17. The summed E-state index contributed by atoms with van der Waals surface area (Å²) in [5.74, 6) is -0.229. The average Bonchev–Trinajstić information content (AvgIpc) is 2.95. The van der Waals surface area contributed by atoms with E-state index in [4.69, 9.17) is 4.74 Å². The van der Waals surface area contributed by atoms with Crippen molar-refractivity contribution in [3.63, 3.8) is 0 Å². The number of rotatable bonds is 7. The van der Waals surface area contributed by atoms with Gasteiger partial charge in [0.25, 0.3) is 5.91 Å². The van der Waals surface area contributed by atoms with Gasteiger partial charge in [-0.05, 0) is 50.3 Å². The lowest BCUT2D eigenvalue weighted by Crippen LogP contribution is -2.48. The van der Waals surface area contributed by atoms with Crippen LogP contribution in [0.3, 0.4) is 0 Å². The van der Waals surface area contributed by atoms with Crippen LogP contribution >= 0.6 is 0 Å². The van der Waals surface area contributed by atoms with Crippen molar-refractivity contribution in [3.05, 3.63) is 35.9 Å². The molecule has 2 aliphatic rings. The molecule has 27 heavy (non-hydrogen) atoms. The number of amides is 3. The molecule has 146 valence electrons. The third-order valence-electron chi connectivity index (χ3n) is 5.69. The van der Waals surface area contributed by atoms with Gasteiger partial charge in [0.2, 0.25) is 0 Å². The third-order valence-corrected chi connectivity index (χ3v) is 5.69. The Morgan fingerprint density at radius 2 is 1.93 bits per heavy atom. The van der Waals surface area contributed by atoms with Crippen molar-refractivity contribution in [1.29, 1.82) is 0 Å². The number of nitrogens with zero attached hydrogens (tertiary/aromatic N) is 1. The highest BCUT2D eigenvalue weighted by molar-refractivity contribution is 6.07. The Hall–Kier alpha value is -2.41. The number of nitrogens with one attached hydrogen (secondary N) is 2. The molecule has 0 aromatic heterocycles. The van der Waals surface area contributed by atoms with Crippen LogP contribution < -0.4 is 10.6 Å². The van der Waals surface area contributed by atoms with Gasteiger partial charge in [-0.2, -0.15) is 0 Å². The topological polar surface area (TPSA) is 87.7 Å². The summed E-state index contributed by atoms with van der Waals surface area (Å²) >= 11 is 0. The summed E-state index contributed by atoms with van der Waals surface area (Å²) < 4.78 is 4.76. The normalized spacial score (nSPS) is 23.4. The van der Waals surface area contributed by atoms with Crippen molar-refractivity contribution in [2.24, 2.45) is 5.92 Å². The number of carbonyl (C=O) groups is 3. The molecule has 2 aliphatic heterocycles. The average molecular weight is 373 g/mol. The Kier molecular flexibility index (Phi) is 6.11. The highest BCUT2D eigenvalue weighted by Crippen LogP contribution is 2.38. The summed E-state index contributed by atoms with van der Waals surface area (Å²) in [6.45, 7) is 2.46. The van der Waals surface area contributed by atoms with Crippen molar-refractivity contribution < 1.29 is 19.1 Å². The predicted octanol–water partition coefficient (Wildman–Crippen LogP) is 1.78. The molecule has 3 rings (SSSR count). The molecule has 1 unspecified atom stereocenters. The van der Waals surface area contributed by atoms with Gasteiger partial charge in [-0.15, -0.1) is 0 Å². The van der Waals surface area contributed by atoms with E-state index in [0.717, 1.165) is 37.9 Å². The molecule has 1 aromatic carbocycles. The van der Waals surface area contributed by atoms with Gasteiger partial charge in [0.15, 0.2) is 0 Å². The van der Waals surface area contributed by atoms with Crippen LogP contribution in [0.4, 0.5) is 4.79 Å². The van der Waals surface area contributed by atoms with Crippen molar-refractivity contribution in [3.8, 4) is 0 Å². The fourth-order valence-electron chi connectivity index (χ4n) is 4.12.